The van der Waals surface area contributed by atoms with Gasteiger partial charge in [-0.15, -0.1) is 0 Å². The Kier molecular flexibility index (Phi) is 6.84. The summed E-state index contributed by atoms with van der Waals surface area (Å²) in [4.78, 5) is 25.5. The molecule has 0 bridgehead atoms. The topological polar surface area (TPSA) is 141 Å². The number of carbonyl (C=O) groups is 1. The number of methoxy groups -OCH3 is 2. The number of sulfonamides is 1. The van der Waals surface area contributed by atoms with Gasteiger partial charge >= 0.3 is 5.97 Å². The zero-order valence-electron chi connectivity index (χ0n) is 19.6. The molecule has 11 heteroatoms. The van der Waals surface area contributed by atoms with Crippen molar-refractivity contribution in [3.63, 3.8) is 0 Å². The van der Waals surface area contributed by atoms with Crippen molar-refractivity contribution in [3.05, 3.63) is 72.3 Å². The van der Waals surface area contributed by atoms with Crippen LogP contribution in [0.2, 0.25) is 0 Å². The Hall–Kier alpha value is -4.51. The lowest BCUT2D eigenvalue weighted by atomic mass is 10.1. The number of phenolic OH excluding ortho intramolecular Hbond substituents is 1. The number of carbonyl (C=O) groups excluding carboxylic acids is 1. The standard InChI is InChI=1S/C25H22N4O6S/c1-34-17-12-13-19(21(30)14-17)24-27-22(15-8-10-16(11-9-15)25(31)35-2)26-23(28-24)18-6-4-5-7-20(18)29-36(3,32)33/h4-14,29-30H,1-3H3. The molecule has 0 amide bonds. The van der Waals surface area contributed by atoms with Gasteiger partial charge in [0.1, 0.15) is 11.5 Å². The van der Waals surface area contributed by atoms with Crippen LogP contribution in [0.5, 0.6) is 11.5 Å². The van der Waals surface area contributed by atoms with E-state index in [0.717, 1.165) is 6.26 Å². The second-order valence-corrected chi connectivity index (χ2v) is 9.43. The van der Waals surface area contributed by atoms with Crippen molar-refractivity contribution in [2.24, 2.45) is 0 Å². The summed E-state index contributed by atoms with van der Waals surface area (Å²) < 4.78 is 36.2. The predicted octanol–water partition coefficient (Wildman–Crippen LogP) is 3.74. The van der Waals surface area contributed by atoms with Gasteiger partial charge in [-0.2, -0.15) is 0 Å². The van der Waals surface area contributed by atoms with Crippen LogP contribution in [-0.4, -0.2) is 54.9 Å². The molecular formula is C25H22N4O6S. The summed E-state index contributed by atoms with van der Waals surface area (Å²) in [6.07, 6.45) is 1.05. The highest BCUT2D eigenvalue weighted by Crippen LogP contribution is 2.34. The van der Waals surface area contributed by atoms with Crippen molar-refractivity contribution >= 4 is 21.7 Å². The van der Waals surface area contributed by atoms with E-state index in [-0.39, 0.29) is 28.9 Å². The maximum absolute atomic E-state index is 11.9. The Morgan fingerprint density at radius 2 is 1.50 bits per heavy atom. The number of aromatic hydroxyl groups is 1. The summed E-state index contributed by atoms with van der Waals surface area (Å²) in [6.45, 7) is 0. The zero-order valence-corrected chi connectivity index (χ0v) is 20.4. The SMILES string of the molecule is COC(=O)c1ccc(-c2nc(-c3ccc(OC)cc3O)nc(-c3ccccc3NS(C)(=O)=O)n2)cc1. The molecule has 0 saturated heterocycles. The molecule has 184 valence electrons. The highest BCUT2D eigenvalue weighted by atomic mass is 32.2. The minimum atomic E-state index is -3.58. The molecule has 10 nitrogen and oxygen atoms in total. The van der Waals surface area contributed by atoms with Crippen LogP contribution < -0.4 is 9.46 Å². The van der Waals surface area contributed by atoms with Gasteiger partial charge in [-0.05, 0) is 36.4 Å². The van der Waals surface area contributed by atoms with Crippen molar-refractivity contribution in [3.8, 4) is 45.7 Å². The third kappa shape index (κ3) is 5.41. The molecule has 2 N–H and O–H groups in total. The lowest BCUT2D eigenvalue weighted by molar-refractivity contribution is 0.0600. The van der Waals surface area contributed by atoms with E-state index < -0.39 is 16.0 Å². The molecule has 1 aromatic heterocycles. The Balaban J connectivity index is 1.92. The summed E-state index contributed by atoms with van der Waals surface area (Å²) in [7, 11) is -0.802. The third-order valence-corrected chi connectivity index (χ3v) is 5.70. The van der Waals surface area contributed by atoms with E-state index in [0.29, 0.717) is 28.0 Å². The van der Waals surface area contributed by atoms with Gasteiger partial charge in [-0.3, -0.25) is 4.72 Å². The number of phenols is 1. The number of hydrogen-bond donors (Lipinski definition) is 2. The molecule has 1 heterocycles. The van der Waals surface area contributed by atoms with E-state index >= 15 is 0 Å². The maximum Gasteiger partial charge on any atom is 0.337 e. The molecule has 0 radical (unpaired) electrons. The van der Waals surface area contributed by atoms with E-state index in [1.165, 1.54) is 20.3 Å². The zero-order chi connectivity index (χ0) is 25.9. The van der Waals surface area contributed by atoms with Gasteiger partial charge in [-0.25, -0.2) is 28.2 Å². The minimum Gasteiger partial charge on any atom is -0.507 e. The molecule has 0 saturated carbocycles. The third-order valence-electron chi connectivity index (χ3n) is 5.11. The van der Waals surface area contributed by atoms with Crippen LogP contribution in [0.15, 0.2) is 66.7 Å². The number of aromatic nitrogens is 3. The van der Waals surface area contributed by atoms with Gasteiger partial charge in [-0.1, -0.05) is 24.3 Å². The molecular weight excluding hydrogens is 484 g/mol. The first-order valence-corrected chi connectivity index (χ1v) is 12.5. The van der Waals surface area contributed by atoms with E-state index in [1.807, 2.05) is 0 Å². The summed E-state index contributed by atoms with van der Waals surface area (Å²) in [5, 5.41) is 10.6. The number of nitrogens with zero attached hydrogens (tertiary/aromatic N) is 3. The molecule has 0 aliphatic heterocycles. The van der Waals surface area contributed by atoms with Crippen LogP contribution in [0.4, 0.5) is 5.69 Å². The second-order valence-electron chi connectivity index (χ2n) is 7.68. The second kappa shape index (κ2) is 10.0. The first-order chi connectivity index (χ1) is 17.2. The van der Waals surface area contributed by atoms with Crippen LogP contribution in [0.25, 0.3) is 34.2 Å². The fourth-order valence-electron chi connectivity index (χ4n) is 3.41. The van der Waals surface area contributed by atoms with E-state index in [4.69, 9.17) is 9.47 Å². The van der Waals surface area contributed by atoms with Crippen molar-refractivity contribution in [1.82, 2.24) is 15.0 Å². The molecule has 36 heavy (non-hydrogen) atoms. The fraction of sp³-hybridized carbons (Fsp3) is 0.120. The Labute approximate surface area is 207 Å². The van der Waals surface area contributed by atoms with Gasteiger partial charge in [0.25, 0.3) is 0 Å². The van der Waals surface area contributed by atoms with Gasteiger partial charge < -0.3 is 14.6 Å². The molecule has 0 aliphatic carbocycles. The summed E-state index contributed by atoms with van der Waals surface area (Å²) >= 11 is 0. The largest absolute Gasteiger partial charge is 0.507 e. The van der Waals surface area contributed by atoms with Gasteiger partial charge in [0.2, 0.25) is 10.0 Å². The molecule has 0 unspecified atom stereocenters. The Bertz CT molecular complexity index is 1540. The fourth-order valence-corrected chi connectivity index (χ4v) is 3.99. The first-order valence-electron chi connectivity index (χ1n) is 10.6. The highest BCUT2D eigenvalue weighted by Gasteiger charge is 2.18. The predicted molar refractivity (Wildman–Crippen MR) is 134 cm³/mol. The van der Waals surface area contributed by atoms with Crippen molar-refractivity contribution in [1.29, 1.82) is 0 Å². The number of benzene rings is 3. The van der Waals surface area contributed by atoms with Gasteiger partial charge in [0.15, 0.2) is 17.5 Å². The molecule has 0 atom stereocenters. The van der Waals surface area contributed by atoms with E-state index in [2.05, 4.69) is 19.7 Å². The number of anilines is 1. The quantitative estimate of drug-likeness (QED) is 0.359. The monoisotopic (exact) mass is 506 g/mol. The average Bonchev–Trinajstić information content (AvgIpc) is 2.87. The lowest BCUT2D eigenvalue weighted by Crippen LogP contribution is -2.11. The molecule has 0 aliphatic rings. The van der Waals surface area contributed by atoms with Crippen LogP contribution in [0.3, 0.4) is 0 Å². The number of esters is 1. The molecule has 0 spiro atoms. The van der Waals surface area contributed by atoms with Crippen molar-refractivity contribution in [2.45, 2.75) is 0 Å². The smallest absolute Gasteiger partial charge is 0.337 e. The average molecular weight is 507 g/mol. The van der Waals surface area contributed by atoms with Crippen LogP contribution in [0.1, 0.15) is 10.4 Å². The molecule has 0 fully saturated rings. The van der Waals surface area contributed by atoms with Crippen molar-refractivity contribution in [2.75, 3.05) is 25.2 Å². The number of rotatable bonds is 7. The van der Waals surface area contributed by atoms with Gasteiger partial charge in [0.05, 0.1) is 37.3 Å². The van der Waals surface area contributed by atoms with Crippen LogP contribution in [-0.2, 0) is 14.8 Å². The van der Waals surface area contributed by atoms with E-state index in [9.17, 15) is 18.3 Å². The van der Waals surface area contributed by atoms with E-state index in [1.54, 1.807) is 60.7 Å². The molecule has 4 rings (SSSR count). The highest BCUT2D eigenvalue weighted by molar-refractivity contribution is 7.92. The normalized spacial score (nSPS) is 11.1. The minimum absolute atomic E-state index is 0.110. The number of para-hydroxylation sites is 1. The van der Waals surface area contributed by atoms with Crippen LogP contribution in [0, 0.1) is 0 Å². The summed E-state index contributed by atoms with van der Waals surface area (Å²) in [5.41, 5.74) is 1.93. The molecule has 3 aromatic carbocycles. The van der Waals surface area contributed by atoms with Gasteiger partial charge in [0, 0.05) is 17.2 Å². The summed E-state index contributed by atoms with van der Waals surface area (Å²) in [5.74, 6) is 0.432. The van der Waals surface area contributed by atoms with Crippen LogP contribution >= 0.6 is 0 Å². The number of nitrogens with one attached hydrogen (secondary N) is 1. The number of hydrogen-bond acceptors (Lipinski definition) is 9. The Morgan fingerprint density at radius 1 is 0.861 bits per heavy atom. The summed E-state index contributed by atoms with van der Waals surface area (Å²) in [6, 6.07) is 17.8. The van der Waals surface area contributed by atoms with Crippen molar-refractivity contribution < 1.29 is 27.8 Å². The molecule has 4 aromatic rings. The first kappa shape index (κ1) is 24.6. The number of ether oxygens (including phenoxy) is 2. The lowest BCUT2D eigenvalue weighted by Gasteiger charge is -2.13. The Morgan fingerprint density at radius 3 is 2.11 bits per heavy atom. The maximum atomic E-state index is 11.9.